The first-order valence-electron chi connectivity index (χ1n) is 9.46. The van der Waals surface area contributed by atoms with Crippen LogP contribution in [0.1, 0.15) is 30.9 Å². The summed E-state index contributed by atoms with van der Waals surface area (Å²) < 4.78 is 5.22. The number of amides is 3. The van der Waals surface area contributed by atoms with Crippen molar-refractivity contribution >= 4 is 17.9 Å². The number of hydrogen-bond acceptors (Lipinski definition) is 4. The van der Waals surface area contributed by atoms with Gasteiger partial charge in [0.25, 0.3) is 5.91 Å². The first-order chi connectivity index (χ1) is 13.6. The fourth-order valence-corrected chi connectivity index (χ4v) is 3.41. The fraction of sp³-hybridized carbons (Fsp3) is 0.318. The maximum atomic E-state index is 13.0. The molecule has 0 radical (unpaired) electrons. The predicted octanol–water partition coefficient (Wildman–Crippen LogP) is 3.02. The molecule has 3 amide bonds. The number of benzene rings is 2. The van der Waals surface area contributed by atoms with E-state index in [1.165, 1.54) is 5.56 Å². The third-order valence-electron chi connectivity index (χ3n) is 4.98. The highest BCUT2D eigenvalue weighted by Crippen LogP contribution is 2.32. The quantitative estimate of drug-likeness (QED) is 0.434. The lowest BCUT2D eigenvalue weighted by molar-refractivity contribution is -0.148. The highest BCUT2D eigenvalue weighted by atomic mass is 16.5. The van der Waals surface area contributed by atoms with Crippen LogP contribution in [0, 0.1) is 0 Å². The van der Waals surface area contributed by atoms with Crippen LogP contribution in [0.3, 0.4) is 0 Å². The molecule has 0 saturated carbocycles. The summed E-state index contributed by atoms with van der Waals surface area (Å²) in [4.78, 5) is 38.4. The van der Waals surface area contributed by atoms with E-state index in [0.717, 1.165) is 11.3 Å². The third kappa shape index (κ3) is 4.06. The van der Waals surface area contributed by atoms with E-state index in [2.05, 4.69) is 5.32 Å². The fourth-order valence-electron chi connectivity index (χ4n) is 3.41. The summed E-state index contributed by atoms with van der Waals surface area (Å²) in [6, 6.07) is 18.4. The van der Waals surface area contributed by atoms with Crippen LogP contribution in [-0.2, 0) is 26.3 Å². The Kier molecular flexibility index (Phi) is 6.09. The smallest absolute Gasteiger partial charge is 0.326 e. The normalized spacial score (nSPS) is 18.8. The van der Waals surface area contributed by atoms with Gasteiger partial charge in [-0.05, 0) is 30.4 Å². The Labute approximate surface area is 164 Å². The molecule has 1 N–H and O–H groups in total. The minimum Gasteiger partial charge on any atom is -0.464 e. The average Bonchev–Trinajstić information content (AvgIpc) is 2.98. The number of aryl methyl sites for hydroxylation is 1. The van der Waals surface area contributed by atoms with Crippen LogP contribution < -0.4 is 5.32 Å². The number of esters is 1. The third-order valence-corrected chi connectivity index (χ3v) is 4.98. The molecule has 1 unspecified atom stereocenters. The van der Waals surface area contributed by atoms with Crippen molar-refractivity contribution in [1.82, 2.24) is 10.2 Å². The van der Waals surface area contributed by atoms with Crippen molar-refractivity contribution in [2.45, 2.75) is 31.7 Å². The molecule has 0 bridgehead atoms. The van der Waals surface area contributed by atoms with Crippen molar-refractivity contribution in [3.63, 3.8) is 0 Å². The molecule has 28 heavy (non-hydrogen) atoms. The van der Waals surface area contributed by atoms with Gasteiger partial charge in [0, 0.05) is 0 Å². The van der Waals surface area contributed by atoms with Gasteiger partial charge < -0.3 is 10.1 Å². The first-order valence-corrected chi connectivity index (χ1v) is 9.46. The number of carbonyl (C=O) groups excluding carboxylic acids is 3. The molecule has 6 heteroatoms. The van der Waals surface area contributed by atoms with Gasteiger partial charge in [-0.2, -0.15) is 0 Å². The van der Waals surface area contributed by atoms with Gasteiger partial charge in [0.2, 0.25) is 0 Å². The van der Waals surface area contributed by atoms with E-state index in [1.807, 2.05) is 55.5 Å². The van der Waals surface area contributed by atoms with Crippen LogP contribution in [-0.4, -0.2) is 36.0 Å². The summed E-state index contributed by atoms with van der Waals surface area (Å²) in [5, 5.41) is 2.76. The molecule has 1 heterocycles. The molecular formula is C22H24N2O4. The molecule has 146 valence electrons. The van der Waals surface area contributed by atoms with Crippen LogP contribution in [0.2, 0.25) is 0 Å². The van der Waals surface area contributed by atoms with Crippen molar-refractivity contribution < 1.29 is 19.1 Å². The first kappa shape index (κ1) is 19.6. The molecule has 0 aromatic heterocycles. The Bertz CT molecular complexity index is 838. The van der Waals surface area contributed by atoms with Gasteiger partial charge in [0.1, 0.15) is 12.1 Å². The lowest BCUT2D eigenvalue weighted by Crippen LogP contribution is -2.44. The summed E-state index contributed by atoms with van der Waals surface area (Å²) in [7, 11) is 0. The van der Waals surface area contributed by atoms with Gasteiger partial charge >= 0.3 is 12.0 Å². The molecule has 1 atom stereocenters. The Morgan fingerprint density at radius 3 is 2.32 bits per heavy atom. The number of urea groups is 1. The largest absolute Gasteiger partial charge is 0.464 e. The molecule has 2 aromatic rings. The van der Waals surface area contributed by atoms with Gasteiger partial charge in [-0.25, -0.2) is 4.79 Å². The van der Waals surface area contributed by atoms with E-state index in [-0.39, 0.29) is 13.2 Å². The van der Waals surface area contributed by atoms with E-state index in [0.29, 0.717) is 18.4 Å². The van der Waals surface area contributed by atoms with Crippen LogP contribution in [0.5, 0.6) is 0 Å². The van der Waals surface area contributed by atoms with Gasteiger partial charge in [0.15, 0.2) is 0 Å². The van der Waals surface area contributed by atoms with Crippen molar-refractivity contribution in [1.29, 1.82) is 0 Å². The Hall–Kier alpha value is -3.15. The highest BCUT2D eigenvalue weighted by molar-refractivity contribution is 6.09. The zero-order valence-electron chi connectivity index (χ0n) is 15.9. The zero-order chi connectivity index (χ0) is 20.0. The Morgan fingerprint density at radius 1 is 1.04 bits per heavy atom. The summed E-state index contributed by atoms with van der Waals surface area (Å²) in [5.41, 5.74) is 0.740. The van der Waals surface area contributed by atoms with Crippen LogP contribution >= 0.6 is 0 Å². The number of hydrogen-bond donors (Lipinski definition) is 1. The summed E-state index contributed by atoms with van der Waals surface area (Å²) >= 11 is 0. The Balaban J connectivity index is 1.56. The minimum absolute atomic E-state index is 0.245. The monoisotopic (exact) mass is 380 g/mol. The maximum absolute atomic E-state index is 13.0. The second kappa shape index (κ2) is 8.69. The van der Waals surface area contributed by atoms with Crippen molar-refractivity contribution in [2.75, 3.05) is 13.2 Å². The van der Waals surface area contributed by atoms with E-state index in [4.69, 9.17) is 4.74 Å². The topological polar surface area (TPSA) is 75.7 Å². The van der Waals surface area contributed by atoms with E-state index < -0.39 is 23.4 Å². The SMILES string of the molecule is CCC1(c2ccccc2)NC(=O)N(CC(=O)OCCCc2ccccc2)C1=O. The van der Waals surface area contributed by atoms with Gasteiger partial charge in [0.05, 0.1) is 6.61 Å². The summed E-state index contributed by atoms with van der Waals surface area (Å²) in [6.45, 7) is 1.69. The van der Waals surface area contributed by atoms with E-state index >= 15 is 0 Å². The van der Waals surface area contributed by atoms with E-state index in [1.54, 1.807) is 12.1 Å². The van der Waals surface area contributed by atoms with Crippen LogP contribution in [0.15, 0.2) is 60.7 Å². The van der Waals surface area contributed by atoms with Gasteiger partial charge in [-0.3, -0.25) is 14.5 Å². The number of nitrogens with zero attached hydrogens (tertiary/aromatic N) is 1. The Morgan fingerprint density at radius 2 is 1.68 bits per heavy atom. The molecule has 0 aliphatic carbocycles. The molecule has 1 aliphatic rings. The average molecular weight is 380 g/mol. The molecule has 6 nitrogen and oxygen atoms in total. The predicted molar refractivity (Wildman–Crippen MR) is 104 cm³/mol. The standard InChI is InChI=1S/C22H24N2O4/c1-2-22(18-13-7-4-8-14-18)20(26)24(21(27)23-22)16-19(25)28-15-9-12-17-10-5-3-6-11-17/h3-8,10-11,13-14H,2,9,12,15-16H2,1H3,(H,23,27). The number of nitrogens with one attached hydrogen (secondary N) is 1. The second-order valence-electron chi connectivity index (χ2n) is 6.76. The minimum atomic E-state index is -1.13. The number of carbonyl (C=O) groups is 3. The molecule has 0 spiro atoms. The molecule has 1 saturated heterocycles. The summed E-state index contributed by atoms with van der Waals surface area (Å²) in [5.74, 6) is -1.01. The van der Waals surface area contributed by atoms with Gasteiger partial charge in [-0.1, -0.05) is 67.6 Å². The number of rotatable bonds is 8. The van der Waals surface area contributed by atoms with Crippen LogP contribution in [0.4, 0.5) is 4.79 Å². The van der Waals surface area contributed by atoms with Crippen molar-refractivity contribution in [3.05, 3.63) is 71.8 Å². The highest BCUT2D eigenvalue weighted by Gasteiger charge is 2.51. The molecule has 1 aliphatic heterocycles. The second-order valence-corrected chi connectivity index (χ2v) is 6.76. The van der Waals surface area contributed by atoms with Gasteiger partial charge in [-0.15, -0.1) is 0 Å². The number of imide groups is 1. The number of ether oxygens (including phenoxy) is 1. The lowest BCUT2D eigenvalue weighted by Gasteiger charge is -2.25. The van der Waals surface area contributed by atoms with Crippen molar-refractivity contribution in [2.24, 2.45) is 0 Å². The maximum Gasteiger partial charge on any atom is 0.326 e. The molecule has 1 fully saturated rings. The zero-order valence-corrected chi connectivity index (χ0v) is 15.9. The molecular weight excluding hydrogens is 356 g/mol. The lowest BCUT2D eigenvalue weighted by atomic mass is 9.87. The van der Waals surface area contributed by atoms with Crippen molar-refractivity contribution in [3.8, 4) is 0 Å². The van der Waals surface area contributed by atoms with E-state index in [9.17, 15) is 14.4 Å². The van der Waals surface area contributed by atoms with Crippen LogP contribution in [0.25, 0.3) is 0 Å². The molecule has 3 rings (SSSR count). The summed E-state index contributed by atoms with van der Waals surface area (Å²) in [6.07, 6.45) is 1.87. The molecule has 2 aromatic carbocycles.